The number of H-pyrrole nitrogens is 1. The van der Waals surface area contributed by atoms with E-state index in [4.69, 9.17) is 9.15 Å². The molecule has 0 aliphatic rings. The monoisotopic (exact) mass is 338 g/mol. The van der Waals surface area contributed by atoms with Crippen molar-refractivity contribution in [1.82, 2.24) is 15.6 Å². The minimum Gasteiger partial charge on any atom is -0.497 e. The van der Waals surface area contributed by atoms with Crippen molar-refractivity contribution in [1.29, 1.82) is 0 Å². The summed E-state index contributed by atoms with van der Waals surface area (Å²) in [6.45, 7) is 3.66. The van der Waals surface area contributed by atoms with E-state index < -0.39 is 5.91 Å². The third-order valence-electron chi connectivity index (χ3n) is 3.65. The summed E-state index contributed by atoms with van der Waals surface area (Å²) in [4.78, 5) is 12.2. The van der Waals surface area contributed by atoms with Gasteiger partial charge in [0.2, 0.25) is 0 Å². The van der Waals surface area contributed by atoms with Crippen LogP contribution in [0.2, 0.25) is 0 Å². The highest BCUT2D eigenvalue weighted by Crippen LogP contribution is 2.20. The van der Waals surface area contributed by atoms with Crippen molar-refractivity contribution in [3.05, 3.63) is 59.5 Å². The number of furan rings is 1. The lowest BCUT2D eigenvalue weighted by Gasteiger charge is -2.03. The number of carbonyl (C=O) groups is 1. The number of rotatable bonds is 5. The second kappa shape index (κ2) is 7.04. The van der Waals surface area contributed by atoms with Crippen molar-refractivity contribution in [2.45, 2.75) is 13.8 Å². The van der Waals surface area contributed by atoms with Gasteiger partial charge >= 0.3 is 0 Å². The number of hydrogen-bond donors (Lipinski definition) is 2. The van der Waals surface area contributed by atoms with E-state index in [9.17, 15) is 4.79 Å². The Balaban J connectivity index is 1.68. The van der Waals surface area contributed by atoms with Gasteiger partial charge in [0.25, 0.3) is 5.91 Å². The van der Waals surface area contributed by atoms with Gasteiger partial charge in [0, 0.05) is 6.07 Å². The van der Waals surface area contributed by atoms with Crippen molar-refractivity contribution >= 4 is 11.6 Å². The molecule has 0 aliphatic heterocycles. The van der Waals surface area contributed by atoms with Gasteiger partial charge in [-0.1, -0.05) is 0 Å². The lowest BCUT2D eigenvalue weighted by atomic mass is 10.1. The first-order valence-corrected chi connectivity index (χ1v) is 7.68. The van der Waals surface area contributed by atoms with Gasteiger partial charge in [-0.3, -0.25) is 9.89 Å². The molecule has 0 spiro atoms. The molecule has 0 bridgehead atoms. The van der Waals surface area contributed by atoms with E-state index in [1.54, 1.807) is 13.2 Å². The van der Waals surface area contributed by atoms with E-state index in [-0.39, 0.29) is 5.69 Å². The van der Waals surface area contributed by atoms with Crippen molar-refractivity contribution in [3.63, 3.8) is 0 Å². The summed E-state index contributed by atoms with van der Waals surface area (Å²) >= 11 is 0. The Morgan fingerprint density at radius 1 is 1.24 bits per heavy atom. The Morgan fingerprint density at radius 2 is 2.00 bits per heavy atom. The number of amides is 1. The first-order chi connectivity index (χ1) is 12.1. The number of aromatic nitrogens is 2. The lowest BCUT2D eigenvalue weighted by molar-refractivity contribution is 0.0950. The molecule has 3 aromatic rings. The van der Waals surface area contributed by atoms with E-state index in [1.165, 1.54) is 0 Å². The number of carbonyl (C=O) groups excluding carboxylic acids is 1. The zero-order valence-electron chi connectivity index (χ0n) is 14.2. The van der Waals surface area contributed by atoms with Crippen LogP contribution < -0.4 is 10.2 Å². The minimum absolute atomic E-state index is 0.232. The smallest absolute Gasteiger partial charge is 0.291 e. The highest BCUT2D eigenvalue weighted by atomic mass is 16.5. The highest BCUT2D eigenvalue weighted by molar-refractivity contribution is 6.00. The van der Waals surface area contributed by atoms with Crippen LogP contribution in [0.3, 0.4) is 0 Å². The fourth-order valence-electron chi connectivity index (χ4n) is 2.23. The SMILES string of the molecule is COc1ccc(/C(C)=N/NC(=O)c2cc(-c3ccc(C)o3)[nH]n2)cc1. The molecule has 2 aromatic heterocycles. The van der Waals surface area contributed by atoms with Crippen LogP contribution in [-0.4, -0.2) is 28.9 Å². The molecule has 0 fully saturated rings. The summed E-state index contributed by atoms with van der Waals surface area (Å²) in [7, 11) is 1.61. The van der Waals surface area contributed by atoms with Crippen LogP contribution in [0.4, 0.5) is 0 Å². The molecule has 2 heterocycles. The molecular formula is C18H18N4O3. The maximum Gasteiger partial charge on any atom is 0.291 e. The molecule has 7 nitrogen and oxygen atoms in total. The van der Waals surface area contributed by atoms with E-state index in [2.05, 4.69) is 20.7 Å². The molecule has 25 heavy (non-hydrogen) atoms. The van der Waals surface area contributed by atoms with Gasteiger partial charge in [-0.15, -0.1) is 0 Å². The number of hydrogen-bond acceptors (Lipinski definition) is 5. The lowest BCUT2D eigenvalue weighted by Crippen LogP contribution is -2.19. The van der Waals surface area contributed by atoms with Crippen molar-refractivity contribution < 1.29 is 13.9 Å². The molecule has 0 radical (unpaired) electrons. The van der Waals surface area contributed by atoms with E-state index in [1.807, 2.05) is 50.2 Å². The number of benzene rings is 1. The van der Waals surface area contributed by atoms with Crippen LogP contribution in [0.25, 0.3) is 11.5 Å². The van der Waals surface area contributed by atoms with Gasteiger partial charge in [-0.05, 0) is 55.8 Å². The topological polar surface area (TPSA) is 92.5 Å². The molecule has 0 saturated carbocycles. The molecule has 0 aliphatic carbocycles. The summed E-state index contributed by atoms with van der Waals surface area (Å²) in [5.74, 6) is 1.77. The quantitative estimate of drug-likeness (QED) is 0.552. The van der Waals surface area contributed by atoms with Crippen molar-refractivity contribution in [2.75, 3.05) is 7.11 Å². The summed E-state index contributed by atoms with van der Waals surface area (Å²) in [5.41, 5.74) is 4.92. The number of nitrogens with one attached hydrogen (secondary N) is 2. The standard InChI is InChI=1S/C18H18N4O3/c1-11-4-9-17(25-11)15-10-16(21-20-15)18(23)22-19-12(2)13-5-7-14(24-3)8-6-13/h4-10H,1-3H3,(H,20,21)(H,22,23)/b19-12+. The molecule has 3 rings (SSSR count). The number of nitrogens with zero attached hydrogens (tertiary/aromatic N) is 2. The second-order valence-corrected chi connectivity index (χ2v) is 5.44. The molecule has 0 unspecified atom stereocenters. The summed E-state index contributed by atoms with van der Waals surface area (Å²) in [6, 6.07) is 12.7. The predicted molar refractivity (Wildman–Crippen MR) is 93.7 cm³/mol. The first kappa shape index (κ1) is 16.5. The second-order valence-electron chi connectivity index (χ2n) is 5.44. The Labute approximate surface area is 144 Å². The molecule has 0 saturated heterocycles. The predicted octanol–water partition coefficient (Wildman–Crippen LogP) is 3.14. The molecule has 2 N–H and O–H groups in total. The normalized spacial score (nSPS) is 11.4. The fourth-order valence-corrected chi connectivity index (χ4v) is 2.23. The van der Waals surface area contributed by atoms with Gasteiger partial charge < -0.3 is 9.15 Å². The van der Waals surface area contributed by atoms with Crippen LogP contribution in [0, 0.1) is 6.92 Å². The number of aromatic amines is 1. The van der Waals surface area contributed by atoms with Crippen LogP contribution >= 0.6 is 0 Å². The zero-order valence-corrected chi connectivity index (χ0v) is 14.2. The molecule has 0 atom stereocenters. The van der Waals surface area contributed by atoms with E-state index in [0.29, 0.717) is 17.2 Å². The summed E-state index contributed by atoms with van der Waals surface area (Å²) in [6.07, 6.45) is 0. The number of methoxy groups -OCH3 is 1. The maximum atomic E-state index is 12.2. The van der Waals surface area contributed by atoms with Gasteiger partial charge in [0.1, 0.15) is 17.2 Å². The number of ether oxygens (including phenoxy) is 1. The van der Waals surface area contributed by atoms with Crippen LogP contribution in [0.5, 0.6) is 5.75 Å². The van der Waals surface area contributed by atoms with Crippen LogP contribution in [-0.2, 0) is 0 Å². The fraction of sp³-hybridized carbons (Fsp3) is 0.167. The molecule has 1 amide bonds. The zero-order chi connectivity index (χ0) is 17.8. The van der Waals surface area contributed by atoms with Crippen molar-refractivity contribution in [2.24, 2.45) is 5.10 Å². The van der Waals surface area contributed by atoms with Crippen LogP contribution in [0.1, 0.15) is 28.7 Å². The molecular weight excluding hydrogens is 320 g/mol. The van der Waals surface area contributed by atoms with E-state index >= 15 is 0 Å². The van der Waals surface area contributed by atoms with Crippen LogP contribution in [0.15, 0.2) is 52.0 Å². The number of aryl methyl sites for hydroxylation is 1. The third-order valence-corrected chi connectivity index (χ3v) is 3.65. The summed E-state index contributed by atoms with van der Waals surface area (Å²) < 4.78 is 10.6. The van der Waals surface area contributed by atoms with Gasteiger partial charge in [-0.25, -0.2) is 5.43 Å². The summed E-state index contributed by atoms with van der Waals surface area (Å²) in [5, 5.41) is 10.9. The van der Waals surface area contributed by atoms with Gasteiger partial charge in [0.05, 0.1) is 12.8 Å². The number of hydrazone groups is 1. The third kappa shape index (κ3) is 3.77. The Kier molecular flexibility index (Phi) is 4.65. The molecule has 7 heteroatoms. The highest BCUT2D eigenvalue weighted by Gasteiger charge is 2.13. The Hall–Kier alpha value is -3.35. The maximum absolute atomic E-state index is 12.2. The average Bonchev–Trinajstić information content (AvgIpc) is 3.28. The Bertz CT molecular complexity index is 907. The molecule has 1 aromatic carbocycles. The van der Waals surface area contributed by atoms with Crippen molar-refractivity contribution in [3.8, 4) is 17.2 Å². The largest absolute Gasteiger partial charge is 0.497 e. The molecule has 128 valence electrons. The van der Waals surface area contributed by atoms with E-state index in [0.717, 1.165) is 17.1 Å². The average molecular weight is 338 g/mol. The van der Waals surface area contributed by atoms with Gasteiger partial charge in [-0.2, -0.15) is 10.2 Å². The minimum atomic E-state index is -0.404. The first-order valence-electron chi connectivity index (χ1n) is 7.68. The van der Waals surface area contributed by atoms with Gasteiger partial charge in [0.15, 0.2) is 11.5 Å². The Morgan fingerprint density at radius 3 is 2.64 bits per heavy atom.